The minimum Gasteiger partial charge on any atom is -0.370 e. The molecule has 1 atom stereocenters. The van der Waals surface area contributed by atoms with Crippen LogP contribution in [0.3, 0.4) is 0 Å². The lowest BCUT2D eigenvalue weighted by molar-refractivity contribution is -0.120. The number of nitrogens with one attached hydrogen (secondary N) is 1. The van der Waals surface area contributed by atoms with Crippen LogP contribution >= 0.6 is 0 Å². The first-order valence-corrected chi connectivity index (χ1v) is 8.80. The first-order chi connectivity index (χ1) is 11.8. The van der Waals surface area contributed by atoms with Crippen LogP contribution in [0.15, 0.2) is 30.9 Å². The van der Waals surface area contributed by atoms with Gasteiger partial charge in [-0.2, -0.15) is 0 Å². The van der Waals surface area contributed by atoms with E-state index >= 15 is 0 Å². The molecule has 0 aromatic carbocycles. The Kier molecular flexibility index (Phi) is 4.19. The van der Waals surface area contributed by atoms with Crippen molar-refractivity contribution in [2.75, 3.05) is 23.3 Å². The quantitative estimate of drug-likeness (QED) is 0.941. The molecule has 0 saturated carbocycles. The number of hydrogen-bond acceptors (Lipinski definition) is 4. The van der Waals surface area contributed by atoms with Gasteiger partial charge in [0.1, 0.15) is 5.82 Å². The number of carbonyl (C=O) groups is 1. The average Bonchev–Trinajstić information content (AvgIpc) is 3.11. The van der Waals surface area contributed by atoms with E-state index in [2.05, 4.69) is 30.8 Å². The smallest absolute Gasteiger partial charge is 0.230 e. The molecule has 0 aliphatic carbocycles. The van der Waals surface area contributed by atoms with Gasteiger partial charge in [0.25, 0.3) is 0 Å². The Morgan fingerprint density at radius 3 is 2.83 bits per heavy atom. The Balaban J connectivity index is 1.37. The molecule has 4 rings (SSSR count). The first-order valence-electron chi connectivity index (χ1n) is 8.80. The number of fused-ring (bicyclic) bond motifs is 1. The molecule has 1 amide bonds. The van der Waals surface area contributed by atoms with Gasteiger partial charge in [0, 0.05) is 31.5 Å². The third-order valence-corrected chi connectivity index (χ3v) is 5.06. The fraction of sp³-hybridized carbons (Fsp3) is 0.500. The zero-order chi connectivity index (χ0) is 16.4. The summed E-state index contributed by atoms with van der Waals surface area (Å²) < 4.78 is 2.07. The number of aryl methyl sites for hydroxylation is 1. The lowest BCUT2D eigenvalue weighted by Gasteiger charge is -2.28. The van der Waals surface area contributed by atoms with Gasteiger partial charge in [-0.3, -0.25) is 4.79 Å². The molecular formula is C18H23N5O. The molecule has 0 radical (unpaired) electrons. The molecule has 24 heavy (non-hydrogen) atoms. The monoisotopic (exact) mass is 325 g/mol. The van der Waals surface area contributed by atoms with Crippen LogP contribution in [-0.2, 0) is 17.8 Å². The maximum atomic E-state index is 12.5. The van der Waals surface area contributed by atoms with Crippen molar-refractivity contribution in [3.63, 3.8) is 0 Å². The number of aromatic nitrogens is 3. The van der Waals surface area contributed by atoms with Crippen molar-refractivity contribution >= 4 is 17.4 Å². The van der Waals surface area contributed by atoms with E-state index in [4.69, 9.17) is 0 Å². The van der Waals surface area contributed by atoms with Gasteiger partial charge >= 0.3 is 0 Å². The number of imidazole rings is 1. The lowest BCUT2D eigenvalue weighted by atomic mass is 9.97. The highest BCUT2D eigenvalue weighted by Crippen LogP contribution is 2.22. The summed E-state index contributed by atoms with van der Waals surface area (Å²) in [6, 6.07) is 3.97. The molecule has 1 unspecified atom stereocenters. The second-order valence-corrected chi connectivity index (χ2v) is 6.71. The molecule has 4 heterocycles. The van der Waals surface area contributed by atoms with Crippen molar-refractivity contribution < 1.29 is 4.79 Å². The second kappa shape index (κ2) is 6.63. The maximum Gasteiger partial charge on any atom is 0.230 e. The van der Waals surface area contributed by atoms with Crippen molar-refractivity contribution in [1.29, 1.82) is 0 Å². The topological polar surface area (TPSA) is 63.1 Å². The molecule has 6 nitrogen and oxygen atoms in total. The van der Waals surface area contributed by atoms with Crippen LogP contribution in [-0.4, -0.2) is 33.5 Å². The summed E-state index contributed by atoms with van der Waals surface area (Å²) in [5.41, 5.74) is 2.36. The van der Waals surface area contributed by atoms with Crippen LogP contribution in [0.5, 0.6) is 0 Å². The number of hydrogen-bond donors (Lipinski definition) is 1. The van der Waals surface area contributed by atoms with E-state index in [0.29, 0.717) is 12.4 Å². The number of anilines is 2. The second-order valence-electron chi connectivity index (χ2n) is 6.71. The minimum atomic E-state index is -0.0183. The van der Waals surface area contributed by atoms with E-state index in [-0.39, 0.29) is 11.8 Å². The molecule has 6 heteroatoms. The molecule has 1 saturated heterocycles. The van der Waals surface area contributed by atoms with Gasteiger partial charge in [-0.25, -0.2) is 9.97 Å². The Labute approximate surface area is 141 Å². The summed E-state index contributed by atoms with van der Waals surface area (Å²) >= 11 is 0. The van der Waals surface area contributed by atoms with E-state index in [9.17, 15) is 4.79 Å². The predicted molar refractivity (Wildman–Crippen MR) is 93.0 cm³/mol. The van der Waals surface area contributed by atoms with Crippen molar-refractivity contribution in [3.05, 3.63) is 36.5 Å². The Hall–Kier alpha value is -2.37. The van der Waals surface area contributed by atoms with Gasteiger partial charge in [-0.05, 0) is 44.2 Å². The number of amides is 1. The van der Waals surface area contributed by atoms with Crippen molar-refractivity contribution in [2.24, 2.45) is 5.92 Å². The Morgan fingerprint density at radius 2 is 2.04 bits per heavy atom. The zero-order valence-electron chi connectivity index (χ0n) is 13.8. The highest BCUT2D eigenvalue weighted by atomic mass is 16.2. The van der Waals surface area contributed by atoms with E-state index in [1.165, 1.54) is 25.0 Å². The van der Waals surface area contributed by atoms with Crippen LogP contribution < -0.4 is 10.2 Å². The molecule has 126 valence electrons. The number of rotatable bonds is 3. The summed E-state index contributed by atoms with van der Waals surface area (Å²) in [5, 5.41) is 2.96. The maximum absolute atomic E-state index is 12.5. The predicted octanol–water partition coefficient (Wildman–Crippen LogP) is 2.47. The summed E-state index contributed by atoms with van der Waals surface area (Å²) in [6.07, 6.45) is 11.1. The Bertz CT molecular complexity index is 702. The highest BCUT2D eigenvalue weighted by Gasteiger charge is 2.24. The number of carbonyl (C=O) groups excluding carboxylic acids is 1. The normalized spacial score (nSPS) is 20.5. The summed E-state index contributed by atoms with van der Waals surface area (Å²) in [4.78, 5) is 23.4. The van der Waals surface area contributed by atoms with E-state index < -0.39 is 0 Å². The molecule has 0 bridgehead atoms. The SMILES string of the molecule is O=C(Nc1ccc(N2CCCCC2)cn1)C1CCc2cncn2C1. The number of piperidine rings is 1. The molecule has 1 fully saturated rings. The fourth-order valence-electron chi connectivity index (χ4n) is 3.61. The zero-order valence-corrected chi connectivity index (χ0v) is 13.8. The molecule has 0 spiro atoms. The minimum absolute atomic E-state index is 0.0183. The largest absolute Gasteiger partial charge is 0.370 e. The lowest BCUT2D eigenvalue weighted by Crippen LogP contribution is -2.31. The number of nitrogens with zero attached hydrogens (tertiary/aromatic N) is 4. The molecule has 2 aliphatic heterocycles. The van der Waals surface area contributed by atoms with Gasteiger partial charge in [-0.15, -0.1) is 0 Å². The van der Waals surface area contributed by atoms with Crippen LogP contribution in [0.25, 0.3) is 0 Å². The number of pyridine rings is 1. The highest BCUT2D eigenvalue weighted by molar-refractivity contribution is 5.91. The van der Waals surface area contributed by atoms with Gasteiger partial charge < -0.3 is 14.8 Å². The van der Waals surface area contributed by atoms with E-state index in [1.54, 1.807) is 6.33 Å². The van der Waals surface area contributed by atoms with Gasteiger partial charge in [-0.1, -0.05) is 0 Å². The third-order valence-electron chi connectivity index (χ3n) is 5.06. The average molecular weight is 325 g/mol. The van der Waals surface area contributed by atoms with Crippen molar-refractivity contribution in [1.82, 2.24) is 14.5 Å². The van der Waals surface area contributed by atoms with E-state index in [0.717, 1.165) is 31.6 Å². The summed E-state index contributed by atoms with van der Waals surface area (Å²) in [7, 11) is 0. The van der Waals surface area contributed by atoms with Gasteiger partial charge in [0.05, 0.1) is 24.1 Å². The van der Waals surface area contributed by atoms with Crippen LogP contribution in [0, 0.1) is 5.92 Å². The van der Waals surface area contributed by atoms with Crippen LogP contribution in [0.4, 0.5) is 11.5 Å². The molecule has 2 aromatic heterocycles. The third kappa shape index (κ3) is 3.13. The van der Waals surface area contributed by atoms with Crippen LogP contribution in [0.1, 0.15) is 31.4 Å². The Morgan fingerprint density at radius 1 is 1.17 bits per heavy atom. The van der Waals surface area contributed by atoms with Crippen LogP contribution in [0.2, 0.25) is 0 Å². The molecular weight excluding hydrogens is 302 g/mol. The van der Waals surface area contributed by atoms with Gasteiger partial charge in [0.15, 0.2) is 0 Å². The molecule has 1 N–H and O–H groups in total. The van der Waals surface area contributed by atoms with Gasteiger partial charge in [0.2, 0.25) is 5.91 Å². The molecule has 2 aromatic rings. The van der Waals surface area contributed by atoms with Crippen molar-refractivity contribution in [3.8, 4) is 0 Å². The fourth-order valence-corrected chi connectivity index (χ4v) is 3.61. The van der Waals surface area contributed by atoms with E-state index in [1.807, 2.05) is 18.5 Å². The summed E-state index contributed by atoms with van der Waals surface area (Å²) in [6.45, 7) is 2.90. The first kappa shape index (κ1) is 15.2. The molecule has 2 aliphatic rings. The standard InChI is InChI=1S/C18H23N5O/c24-18(14-4-5-15-10-19-13-23(15)12-14)21-17-7-6-16(11-20-17)22-8-2-1-3-9-22/h6-7,10-11,13-14H,1-5,8-9,12H2,(H,20,21,24). The van der Waals surface area contributed by atoms with Crippen molar-refractivity contribution in [2.45, 2.75) is 38.6 Å². The summed E-state index contributed by atoms with van der Waals surface area (Å²) in [5.74, 6) is 0.667.